The zero-order valence-electron chi connectivity index (χ0n) is 12.8. The lowest BCUT2D eigenvalue weighted by Crippen LogP contribution is -2.02. The van der Waals surface area contributed by atoms with Crippen molar-refractivity contribution in [3.63, 3.8) is 0 Å². The molecule has 0 amide bonds. The molecule has 0 N–H and O–H groups in total. The smallest absolute Gasteiger partial charge is 0.0106 e. The Hall–Kier alpha value is -0.980. The Kier molecular flexibility index (Phi) is 14.2. The molecule has 0 aliphatic carbocycles. The minimum absolute atomic E-state index is 0.705. The summed E-state index contributed by atoms with van der Waals surface area (Å²) in [6, 6.07) is 0. The lowest BCUT2D eigenvalue weighted by Gasteiger charge is -2.12. The van der Waals surface area contributed by atoms with Crippen molar-refractivity contribution < 1.29 is 0 Å². The van der Waals surface area contributed by atoms with Crippen LogP contribution in [0, 0.1) is 5.92 Å². The molecule has 0 unspecified atom stereocenters. The van der Waals surface area contributed by atoms with Crippen LogP contribution in [-0.4, -0.2) is 11.9 Å². The number of nitrogens with zero attached hydrogens (tertiary/aromatic N) is 1. The van der Waals surface area contributed by atoms with E-state index in [1.54, 1.807) is 0 Å². The minimum atomic E-state index is 0.705. The fourth-order valence-corrected chi connectivity index (χ4v) is 1.44. The summed E-state index contributed by atoms with van der Waals surface area (Å²) in [5.41, 5.74) is 1.40. The average Bonchev–Trinajstić information content (AvgIpc) is 2.28. The molecule has 0 saturated carbocycles. The Morgan fingerprint density at radius 1 is 1.24 bits per heavy atom. The van der Waals surface area contributed by atoms with Crippen LogP contribution in [0.5, 0.6) is 0 Å². The van der Waals surface area contributed by atoms with Gasteiger partial charge >= 0.3 is 0 Å². The van der Waals surface area contributed by atoms with Crippen LogP contribution < -0.4 is 0 Å². The molecule has 100 valence electrons. The third kappa shape index (κ3) is 13.0. The summed E-state index contributed by atoms with van der Waals surface area (Å²) in [5, 5.41) is 0. The normalized spacial score (nSPS) is 12.1. The second-order valence-electron chi connectivity index (χ2n) is 4.26. The first kappa shape index (κ1) is 18.4. The number of hydrogen-bond donors (Lipinski definition) is 0. The van der Waals surface area contributed by atoms with Crippen LogP contribution in [-0.2, 0) is 0 Å². The number of hydrogen-bond acceptors (Lipinski definition) is 1. The van der Waals surface area contributed by atoms with Gasteiger partial charge in [-0.1, -0.05) is 52.8 Å². The quantitative estimate of drug-likeness (QED) is 0.561. The van der Waals surface area contributed by atoms with E-state index in [0.29, 0.717) is 5.92 Å². The van der Waals surface area contributed by atoms with Gasteiger partial charge in [0.25, 0.3) is 0 Å². The Balaban J connectivity index is 0. The van der Waals surface area contributed by atoms with Crippen molar-refractivity contribution in [2.75, 3.05) is 7.05 Å². The van der Waals surface area contributed by atoms with Gasteiger partial charge in [0.2, 0.25) is 0 Å². The molecule has 0 aliphatic heterocycles. The molecule has 0 aliphatic rings. The van der Waals surface area contributed by atoms with E-state index < -0.39 is 0 Å². The Morgan fingerprint density at radius 3 is 2.24 bits per heavy atom. The predicted octanol–water partition coefficient (Wildman–Crippen LogP) is 5.37. The van der Waals surface area contributed by atoms with E-state index in [9.17, 15) is 0 Å². The van der Waals surface area contributed by atoms with E-state index in [2.05, 4.69) is 57.3 Å². The van der Waals surface area contributed by atoms with Gasteiger partial charge in [0, 0.05) is 13.2 Å². The molecule has 0 atom stereocenters. The second-order valence-corrected chi connectivity index (χ2v) is 4.26. The summed E-state index contributed by atoms with van der Waals surface area (Å²) >= 11 is 0. The summed E-state index contributed by atoms with van der Waals surface area (Å²) in [6.45, 7) is 12.7. The highest BCUT2D eigenvalue weighted by atomic mass is 15.0. The van der Waals surface area contributed by atoms with Crippen molar-refractivity contribution in [1.29, 1.82) is 0 Å². The van der Waals surface area contributed by atoms with Crippen LogP contribution in [0.3, 0.4) is 0 Å². The van der Waals surface area contributed by atoms with Gasteiger partial charge in [-0.15, -0.1) is 0 Å². The molecule has 0 radical (unpaired) electrons. The highest BCUT2D eigenvalue weighted by molar-refractivity contribution is 5.19. The Morgan fingerprint density at radius 2 is 1.82 bits per heavy atom. The monoisotopic (exact) mass is 237 g/mol. The molecule has 17 heavy (non-hydrogen) atoms. The van der Waals surface area contributed by atoms with Gasteiger partial charge in [0.05, 0.1) is 0 Å². The van der Waals surface area contributed by atoms with Crippen LogP contribution in [0.25, 0.3) is 0 Å². The van der Waals surface area contributed by atoms with E-state index in [1.807, 2.05) is 26.8 Å². The molecule has 1 heteroatoms. The Bertz CT molecular complexity index is 234. The molecule has 0 saturated heterocycles. The SMILES string of the molecule is C/C=C/N(C)/C=C(\C=C\CC)CC(C)C.CC. The molecule has 0 rings (SSSR count). The maximum absolute atomic E-state index is 2.25. The summed E-state index contributed by atoms with van der Waals surface area (Å²) in [5.74, 6) is 0.705. The molecule has 0 heterocycles. The van der Waals surface area contributed by atoms with Crippen molar-refractivity contribution in [2.45, 2.75) is 54.4 Å². The van der Waals surface area contributed by atoms with Gasteiger partial charge in [0.15, 0.2) is 0 Å². The molecule has 0 spiro atoms. The molecule has 0 bridgehead atoms. The standard InChI is InChI=1S/C14H25N.C2H6/c1-6-8-9-14(11-13(3)4)12-15(5)10-7-2;1-2/h7-10,12-13H,6,11H2,1-5H3;1-2H3/b9-8+,10-7+,14-12+;. The summed E-state index contributed by atoms with van der Waals surface area (Å²) in [4.78, 5) is 2.11. The fourth-order valence-electron chi connectivity index (χ4n) is 1.44. The number of rotatable bonds is 6. The second kappa shape index (κ2) is 13.1. The highest BCUT2D eigenvalue weighted by Crippen LogP contribution is 2.13. The molecule has 0 aromatic heterocycles. The van der Waals surface area contributed by atoms with Crippen molar-refractivity contribution in [2.24, 2.45) is 5.92 Å². The Labute approximate surface area is 109 Å². The van der Waals surface area contributed by atoms with Crippen molar-refractivity contribution in [3.8, 4) is 0 Å². The van der Waals surface area contributed by atoms with Crippen molar-refractivity contribution >= 4 is 0 Å². The molecule has 0 aromatic rings. The average molecular weight is 237 g/mol. The molecule has 0 aromatic carbocycles. The fraction of sp³-hybridized carbons (Fsp3) is 0.625. The first-order valence-corrected chi connectivity index (χ1v) is 6.82. The first-order chi connectivity index (χ1) is 8.10. The lowest BCUT2D eigenvalue weighted by molar-refractivity contribution is 0.595. The largest absolute Gasteiger partial charge is 0.357 e. The lowest BCUT2D eigenvalue weighted by atomic mass is 10.0. The van der Waals surface area contributed by atoms with Crippen molar-refractivity contribution in [3.05, 3.63) is 36.2 Å². The molecular formula is C16H31N. The topological polar surface area (TPSA) is 3.24 Å². The maximum atomic E-state index is 2.25. The van der Waals surface area contributed by atoms with Crippen molar-refractivity contribution in [1.82, 2.24) is 4.90 Å². The maximum Gasteiger partial charge on any atom is 0.0106 e. The van der Waals surface area contributed by atoms with Gasteiger partial charge in [0.1, 0.15) is 0 Å². The summed E-state index contributed by atoms with van der Waals surface area (Å²) in [7, 11) is 2.07. The van der Waals surface area contributed by atoms with Gasteiger partial charge < -0.3 is 4.90 Å². The summed E-state index contributed by atoms with van der Waals surface area (Å²) in [6.07, 6.45) is 13.0. The molecule has 1 nitrogen and oxygen atoms in total. The van der Waals surface area contributed by atoms with Gasteiger partial charge in [-0.05, 0) is 37.5 Å². The zero-order chi connectivity index (χ0) is 13.7. The third-order valence-electron chi connectivity index (χ3n) is 1.97. The third-order valence-corrected chi connectivity index (χ3v) is 1.97. The zero-order valence-corrected chi connectivity index (χ0v) is 12.8. The molecule has 0 fully saturated rings. The van der Waals surface area contributed by atoms with E-state index in [0.717, 1.165) is 12.8 Å². The van der Waals surface area contributed by atoms with E-state index in [1.165, 1.54) is 5.57 Å². The van der Waals surface area contributed by atoms with Crippen LogP contribution in [0.2, 0.25) is 0 Å². The highest BCUT2D eigenvalue weighted by Gasteiger charge is 1.98. The molecular weight excluding hydrogens is 206 g/mol. The van der Waals surface area contributed by atoms with Crippen LogP contribution >= 0.6 is 0 Å². The van der Waals surface area contributed by atoms with Crippen LogP contribution in [0.1, 0.15) is 54.4 Å². The van der Waals surface area contributed by atoms with Crippen LogP contribution in [0.4, 0.5) is 0 Å². The van der Waals surface area contributed by atoms with E-state index in [-0.39, 0.29) is 0 Å². The van der Waals surface area contributed by atoms with Crippen LogP contribution in [0.15, 0.2) is 36.2 Å². The minimum Gasteiger partial charge on any atom is -0.357 e. The predicted molar refractivity (Wildman–Crippen MR) is 80.9 cm³/mol. The summed E-state index contributed by atoms with van der Waals surface area (Å²) < 4.78 is 0. The first-order valence-electron chi connectivity index (χ1n) is 6.82. The van der Waals surface area contributed by atoms with Gasteiger partial charge in [-0.3, -0.25) is 0 Å². The van der Waals surface area contributed by atoms with E-state index in [4.69, 9.17) is 0 Å². The van der Waals surface area contributed by atoms with Gasteiger partial charge in [-0.2, -0.15) is 0 Å². The van der Waals surface area contributed by atoms with E-state index >= 15 is 0 Å². The van der Waals surface area contributed by atoms with Gasteiger partial charge in [-0.25, -0.2) is 0 Å². The number of allylic oxidation sites excluding steroid dienone is 4.